The monoisotopic (exact) mass is 152 g/mol. The van der Waals surface area contributed by atoms with Crippen LogP contribution < -0.4 is 0 Å². The van der Waals surface area contributed by atoms with Crippen molar-refractivity contribution in [3.8, 4) is 0 Å². The highest BCUT2D eigenvalue weighted by Crippen LogP contribution is 2.24. The molecule has 1 unspecified atom stereocenters. The second kappa shape index (κ2) is 3.22. The zero-order valence-corrected chi connectivity index (χ0v) is 7.46. The van der Waals surface area contributed by atoms with Crippen molar-refractivity contribution in [3.63, 3.8) is 0 Å². The summed E-state index contributed by atoms with van der Waals surface area (Å²) in [5.41, 5.74) is 2.71. The van der Waals surface area contributed by atoms with Crippen molar-refractivity contribution < 1.29 is 5.11 Å². The van der Waals surface area contributed by atoms with Crippen LogP contribution in [0.15, 0.2) is 23.3 Å². The number of aliphatic hydroxyl groups excluding tert-OH is 1. The van der Waals surface area contributed by atoms with E-state index in [0.717, 1.165) is 6.42 Å². The maximum Gasteiger partial charge on any atom is 0.0761 e. The van der Waals surface area contributed by atoms with Crippen molar-refractivity contribution in [3.05, 3.63) is 23.3 Å². The Labute approximate surface area is 68.4 Å². The lowest BCUT2D eigenvalue weighted by Crippen LogP contribution is -2.10. The molecule has 0 saturated heterocycles. The van der Waals surface area contributed by atoms with E-state index in [2.05, 4.69) is 20.8 Å². The average molecular weight is 152 g/mol. The van der Waals surface area contributed by atoms with Gasteiger partial charge in [0.2, 0.25) is 0 Å². The van der Waals surface area contributed by atoms with Crippen LogP contribution in [0.1, 0.15) is 27.2 Å². The van der Waals surface area contributed by atoms with Crippen molar-refractivity contribution >= 4 is 0 Å². The highest BCUT2D eigenvalue weighted by molar-refractivity contribution is 5.31. The molecule has 1 aliphatic rings. The van der Waals surface area contributed by atoms with Crippen molar-refractivity contribution in [1.29, 1.82) is 0 Å². The summed E-state index contributed by atoms with van der Waals surface area (Å²) in [5.74, 6) is 0.582. The van der Waals surface area contributed by atoms with Crippen LogP contribution in [-0.4, -0.2) is 11.2 Å². The van der Waals surface area contributed by atoms with Crippen molar-refractivity contribution in [2.45, 2.75) is 33.3 Å². The fourth-order valence-corrected chi connectivity index (χ4v) is 1.54. The van der Waals surface area contributed by atoms with Gasteiger partial charge < -0.3 is 5.11 Å². The van der Waals surface area contributed by atoms with Gasteiger partial charge in [0.1, 0.15) is 0 Å². The third-order valence-corrected chi connectivity index (χ3v) is 2.13. The van der Waals surface area contributed by atoms with E-state index in [-0.39, 0.29) is 6.10 Å². The fourth-order valence-electron chi connectivity index (χ4n) is 1.54. The topological polar surface area (TPSA) is 20.2 Å². The van der Waals surface area contributed by atoms with E-state index in [9.17, 15) is 5.11 Å². The molecular formula is C10H16O. The normalized spacial score (nSPS) is 25.0. The minimum Gasteiger partial charge on any atom is -0.389 e. The van der Waals surface area contributed by atoms with Gasteiger partial charge in [-0.25, -0.2) is 0 Å². The summed E-state index contributed by atoms with van der Waals surface area (Å²) in [5, 5.41) is 9.26. The molecule has 0 radical (unpaired) electrons. The standard InChI is InChI=1S/C10H16O/c1-7(2)10-5-4-9(11)6-8(10)3/h4-5,7,9,11H,6H2,1-3H3. The van der Waals surface area contributed by atoms with E-state index in [4.69, 9.17) is 0 Å². The van der Waals surface area contributed by atoms with Gasteiger partial charge in [-0.2, -0.15) is 0 Å². The maximum atomic E-state index is 9.26. The highest BCUT2D eigenvalue weighted by Gasteiger charge is 2.12. The Morgan fingerprint density at radius 2 is 2.18 bits per heavy atom. The third-order valence-electron chi connectivity index (χ3n) is 2.13. The summed E-state index contributed by atoms with van der Waals surface area (Å²) >= 11 is 0. The van der Waals surface area contributed by atoms with Gasteiger partial charge in [0.25, 0.3) is 0 Å². The molecule has 1 atom stereocenters. The zero-order chi connectivity index (χ0) is 8.43. The Morgan fingerprint density at radius 1 is 1.55 bits per heavy atom. The first kappa shape index (κ1) is 8.54. The summed E-state index contributed by atoms with van der Waals surface area (Å²) in [7, 11) is 0. The van der Waals surface area contributed by atoms with Gasteiger partial charge in [-0.15, -0.1) is 0 Å². The second-order valence-corrected chi connectivity index (χ2v) is 3.52. The Hall–Kier alpha value is -0.560. The lowest BCUT2D eigenvalue weighted by Gasteiger charge is -2.18. The molecule has 1 aliphatic carbocycles. The molecule has 0 aromatic heterocycles. The van der Waals surface area contributed by atoms with E-state index >= 15 is 0 Å². The van der Waals surface area contributed by atoms with Crippen LogP contribution >= 0.6 is 0 Å². The summed E-state index contributed by atoms with van der Waals surface area (Å²) < 4.78 is 0. The van der Waals surface area contributed by atoms with Crippen LogP contribution in [0.25, 0.3) is 0 Å². The number of hydrogen-bond donors (Lipinski definition) is 1. The molecule has 0 aliphatic heterocycles. The van der Waals surface area contributed by atoms with Crippen molar-refractivity contribution in [2.75, 3.05) is 0 Å². The third kappa shape index (κ3) is 1.93. The molecule has 1 rings (SSSR count). The van der Waals surface area contributed by atoms with Gasteiger partial charge in [0.05, 0.1) is 6.10 Å². The highest BCUT2D eigenvalue weighted by atomic mass is 16.3. The molecule has 0 fully saturated rings. The van der Waals surface area contributed by atoms with Gasteiger partial charge in [0, 0.05) is 0 Å². The predicted molar refractivity (Wildman–Crippen MR) is 47.3 cm³/mol. The number of rotatable bonds is 1. The first-order valence-corrected chi connectivity index (χ1v) is 4.17. The van der Waals surface area contributed by atoms with Gasteiger partial charge in [-0.1, -0.05) is 31.6 Å². The first-order valence-electron chi connectivity index (χ1n) is 4.17. The van der Waals surface area contributed by atoms with Crippen molar-refractivity contribution in [2.24, 2.45) is 5.92 Å². The van der Waals surface area contributed by atoms with Gasteiger partial charge >= 0.3 is 0 Å². The molecule has 0 heterocycles. The second-order valence-electron chi connectivity index (χ2n) is 3.52. The number of hydrogen-bond acceptors (Lipinski definition) is 1. The number of allylic oxidation sites excluding steroid dienone is 2. The molecule has 0 amide bonds. The van der Waals surface area contributed by atoms with Crippen LogP contribution in [0.5, 0.6) is 0 Å². The average Bonchev–Trinajstić information content (AvgIpc) is 1.85. The molecule has 62 valence electrons. The van der Waals surface area contributed by atoms with E-state index < -0.39 is 0 Å². The Kier molecular flexibility index (Phi) is 2.50. The van der Waals surface area contributed by atoms with Crippen LogP contribution in [0.2, 0.25) is 0 Å². The molecule has 11 heavy (non-hydrogen) atoms. The molecule has 0 saturated carbocycles. The summed E-state index contributed by atoms with van der Waals surface area (Å²) in [6.45, 7) is 6.46. The molecule has 0 aromatic carbocycles. The van der Waals surface area contributed by atoms with Gasteiger partial charge in [-0.3, -0.25) is 0 Å². The maximum absolute atomic E-state index is 9.26. The lowest BCUT2D eigenvalue weighted by molar-refractivity contribution is 0.221. The minimum atomic E-state index is -0.252. The van der Waals surface area contributed by atoms with Crippen LogP contribution in [0.4, 0.5) is 0 Å². The summed E-state index contributed by atoms with van der Waals surface area (Å²) in [6.07, 6.45) is 4.48. The minimum absolute atomic E-state index is 0.252. The molecular weight excluding hydrogens is 136 g/mol. The molecule has 1 heteroatoms. The summed E-state index contributed by atoms with van der Waals surface area (Å²) in [4.78, 5) is 0. The summed E-state index contributed by atoms with van der Waals surface area (Å²) in [6, 6.07) is 0. The molecule has 1 nitrogen and oxygen atoms in total. The van der Waals surface area contributed by atoms with Crippen LogP contribution in [0, 0.1) is 5.92 Å². The first-order chi connectivity index (χ1) is 5.11. The van der Waals surface area contributed by atoms with E-state index in [0.29, 0.717) is 5.92 Å². The Balaban J connectivity index is 2.80. The molecule has 1 N–H and O–H groups in total. The van der Waals surface area contributed by atoms with Crippen LogP contribution in [-0.2, 0) is 0 Å². The quantitative estimate of drug-likeness (QED) is 0.611. The molecule has 0 aromatic rings. The van der Waals surface area contributed by atoms with E-state index in [1.807, 2.05) is 12.2 Å². The SMILES string of the molecule is CC1=C(C(C)C)C=CC(O)C1. The number of aliphatic hydroxyl groups is 1. The van der Waals surface area contributed by atoms with Gasteiger partial charge in [-0.05, 0) is 24.8 Å². The Morgan fingerprint density at radius 3 is 2.64 bits per heavy atom. The Bertz CT molecular complexity index is 199. The van der Waals surface area contributed by atoms with Crippen LogP contribution in [0.3, 0.4) is 0 Å². The van der Waals surface area contributed by atoms with Gasteiger partial charge in [0.15, 0.2) is 0 Å². The fraction of sp³-hybridized carbons (Fsp3) is 0.600. The smallest absolute Gasteiger partial charge is 0.0761 e. The molecule has 0 bridgehead atoms. The van der Waals surface area contributed by atoms with E-state index in [1.54, 1.807) is 0 Å². The zero-order valence-electron chi connectivity index (χ0n) is 7.46. The lowest BCUT2D eigenvalue weighted by atomic mass is 9.90. The van der Waals surface area contributed by atoms with Crippen molar-refractivity contribution in [1.82, 2.24) is 0 Å². The molecule has 0 spiro atoms. The predicted octanol–water partition coefficient (Wildman–Crippen LogP) is 2.28. The largest absolute Gasteiger partial charge is 0.389 e. The van der Waals surface area contributed by atoms with E-state index in [1.165, 1.54) is 11.1 Å².